The number of hydrogen-bond donors (Lipinski definition) is 1. The molecule has 0 radical (unpaired) electrons. The number of benzene rings is 1. The Kier molecular flexibility index (Phi) is 4.88. The summed E-state index contributed by atoms with van der Waals surface area (Å²) < 4.78 is 28.4. The Morgan fingerprint density at radius 2 is 2.00 bits per heavy atom. The van der Waals surface area contributed by atoms with E-state index in [0.29, 0.717) is 20.3 Å². The Morgan fingerprint density at radius 3 is 2.60 bits per heavy atom. The number of para-hydroxylation sites is 1. The number of anilines is 1. The molecule has 0 aliphatic heterocycles. The van der Waals surface area contributed by atoms with E-state index in [-0.39, 0.29) is 0 Å². The molecule has 108 valence electrons. The molecule has 2 aromatic rings. The fourth-order valence-corrected chi connectivity index (χ4v) is 5.33. The van der Waals surface area contributed by atoms with E-state index in [9.17, 15) is 8.42 Å². The van der Waals surface area contributed by atoms with Gasteiger partial charge in [0.2, 0.25) is 0 Å². The zero-order valence-electron chi connectivity index (χ0n) is 11.3. The summed E-state index contributed by atoms with van der Waals surface area (Å²) in [4.78, 5) is 0. The van der Waals surface area contributed by atoms with E-state index in [1.165, 1.54) is 11.3 Å². The van der Waals surface area contributed by atoms with Crippen LogP contribution in [0.25, 0.3) is 0 Å². The lowest BCUT2D eigenvalue weighted by Gasteiger charge is -2.16. The van der Waals surface area contributed by atoms with Gasteiger partial charge in [0.1, 0.15) is 0 Å². The minimum absolute atomic E-state index is 0.302. The van der Waals surface area contributed by atoms with Crippen molar-refractivity contribution in [3.05, 3.63) is 45.7 Å². The zero-order chi connectivity index (χ0) is 14.8. The summed E-state index contributed by atoms with van der Waals surface area (Å²) in [6, 6.07) is 9.28. The first-order valence-corrected chi connectivity index (χ1v) is 9.46. The van der Waals surface area contributed by atoms with Crippen molar-refractivity contribution in [3.63, 3.8) is 0 Å². The predicted octanol–water partition coefficient (Wildman–Crippen LogP) is 4.82. The Hall–Kier alpha value is -0.850. The molecule has 3 nitrogen and oxygen atoms in total. The van der Waals surface area contributed by atoms with Crippen LogP contribution < -0.4 is 4.72 Å². The first kappa shape index (κ1) is 15.5. The maximum Gasteiger partial charge on any atom is 0.272 e. The molecule has 20 heavy (non-hydrogen) atoms. The van der Waals surface area contributed by atoms with Crippen molar-refractivity contribution in [1.29, 1.82) is 0 Å². The van der Waals surface area contributed by atoms with Gasteiger partial charge in [-0.05, 0) is 51.3 Å². The van der Waals surface area contributed by atoms with Crippen LogP contribution in [0.2, 0.25) is 0 Å². The second kappa shape index (κ2) is 6.28. The predicted molar refractivity (Wildman–Crippen MR) is 88.0 cm³/mol. The maximum absolute atomic E-state index is 12.4. The quantitative estimate of drug-likeness (QED) is 0.815. The number of halogens is 1. The van der Waals surface area contributed by atoms with Crippen molar-refractivity contribution in [3.8, 4) is 0 Å². The van der Waals surface area contributed by atoms with Crippen LogP contribution in [0.5, 0.6) is 0 Å². The molecule has 1 N–H and O–H groups in total. The summed E-state index contributed by atoms with van der Waals surface area (Å²) in [6.07, 6.45) is 0.960. The van der Waals surface area contributed by atoms with E-state index in [4.69, 9.17) is 0 Å². The number of rotatable bonds is 5. The van der Waals surface area contributed by atoms with E-state index in [0.717, 1.165) is 12.0 Å². The number of sulfonamides is 1. The summed E-state index contributed by atoms with van der Waals surface area (Å²) in [5.41, 5.74) is 1.67. The Balaban J connectivity index is 2.38. The SMILES string of the molecule is CCC(C)c1ccccc1NS(=O)(=O)c1sccc1Br. The number of nitrogens with one attached hydrogen (secondary N) is 1. The molecular formula is C14H16BrNO2S2. The third kappa shape index (κ3) is 3.24. The third-order valence-corrected chi connectivity index (χ3v) is 7.21. The molecule has 0 bridgehead atoms. The average Bonchev–Trinajstić information content (AvgIpc) is 2.85. The minimum Gasteiger partial charge on any atom is -0.279 e. The second-order valence-corrected chi connectivity index (χ2v) is 8.21. The summed E-state index contributed by atoms with van der Waals surface area (Å²) in [5.74, 6) is 0.306. The van der Waals surface area contributed by atoms with E-state index >= 15 is 0 Å². The van der Waals surface area contributed by atoms with Gasteiger partial charge in [-0.15, -0.1) is 11.3 Å². The van der Waals surface area contributed by atoms with Crippen LogP contribution in [-0.2, 0) is 10.0 Å². The molecule has 0 fully saturated rings. The number of hydrogen-bond acceptors (Lipinski definition) is 3. The topological polar surface area (TPSA) is 46.2 Å². The van der Waals surface area contributed by atoms with Crippen molar-refractivity contribution < 1.29 is 8.42 Å². The van der Waals surface area contributed by atoms with Crippen LogP contribution in [0, 0.1) is 0 Å². The van der Waals surface area contributed by atoms with Gasteiger partial charge in [0.15, 0.2) is 4.21 Å². The Labute approximate surface area is 132 Å². The lowest BCUT2D eigenvalue weighted by Crippen LogP contribution is -2.14. The van der Waals surface area contributed by atoms with Crippen LogP contribution >= 0.6 is 27.3 Å². The minimum atomic E-state index is -3.54. The molecule has 1 heterocycles. The van der Waals surface area contributed by atoms with Gasteiger partial charge < -0.3 is 0 Å². The molecule has 0 saturated heterocycles. The van der Waals surface area contributed by atoms with Gasteiger partial charge >= 0.3 is 0 Å². The molecule has 0 saturated carbocycles. The fourth-order valence-electron chi connectivity index (χ4n) is 1.90. The molecule has 0 amide bonds. The molecule has 1 aromatic carbocycles. The summed E-state index contributed by atoms with van der Waals surface area (Å²) in [6.45, 7) is 4.18. The van der Waals surface area contributed by atoms with Gasteiger partial charge in [-0.3, -0.25) is 4.72 Å². The largest absolute Gasteiger partial charge is 0.279 e. The highest BCUT2D eigenvalue weighted by atomic mass is 79.9. The van der Waals surface area contributed by atoms with Crippen LogP contribution in [0.3, 0.4) is 0 Å². The van der Waals surface area contributed by atoms with Crippen molar-refractivity contribution in [2.24, 2.45) is 0 Å². The lowest BCUT2D eigenvalue weighted by atomic mass is 9.97. The third-order valence-electron chi connectivity index (χ3n) is 3.18. The van der Waals surface area contributed by atoms with Crippen LogP contribution in [0.1, 0.15) is 31.7 Å². The van der Waals surface area contributed by atoms with Crippen LogP contribution in [0.15, 0.2) is 44.4 Å². The van der Waals surface area contributed by atoms with Crippen molar-refractivity contribution in [1.82, 2.24) is 0 Å². The molecular weight excluding hydrogens is 358 g/mol. The van der Waals surface area contributed by atoms with Gasteiger partial charge in [0.05, 0.1) is 5.69 Å². The Morgan fingerprint density at radius 1 is 1.30 bits per heavy atom. The molecule has 0 spiro atoms. The summed E-state index contributed by atoms with van der Waals surface area (Å²) >= 11 is 4.47. The first-order chi connectivity index (χ1) is 9.45. The highest BCUT2D eigenvalue weighted by molar-refractivity contribution is 9.10. The molecule has 1 unspecified atom stereocenters. The number of thiophene rings is 1. The van der Waals surface area contributed by atoms with E-state index < -0.39 is 10.0 Å². The highest BCUT2D eigenvalue weighted by Crippen LogP contribution is 2.32. The molecule has 6 heteroatoms. The molecule has 1 aromatic heterocycles. The van der Waals surface area contributed by atoms with Gasteiger partial charge in [0.25, 0.3) is 10.0 Å². The molecule has 0 aliphatic carbocycles. The van der Waals surface area contributed by atoms with Crippen molar-refractivity contribution in [2.45, 2.75) is 30.4 Å². The monoisotopic (exact) mass is 373 g/mol. The smallest absolute Gasteiger partial charge is 0.272 e. The normalized spacial score (nSPS) is 13.2. The van der Waals surface area contributed by atoms with Gasteiger partial charge in [-0.25, -0.2) is 8.42 Å². The maximum atomic E-state index is 12.4. The van der Waals surface area contributed by atoms with Crippen molar-refractivity contribution in [2.75, 3.05) is 4.72 Å². The van der Waals surface area contributed by atoms with Gasteiger partial charge in [0, 0.05) is 4.47 Å². The fraction of sp³-hybridized carbons (Fsp3) is 0.286. The molecule has 1 atom stereocenters. The summed E-state index contributed by atoms with van der Waals surface area (Å²) in [5, 5.41) is 1.75. The summed E-state index contributed by atoms with van der Waals surface area (Å²) in [7, 11) is -3.54. The molecule has 2 rings (SSSR count). The zero-order valence-corrected chi connectivity index (χ0v) is 14.5. The van der Waals surface area contributed by atoms with Crippen LogP contribution in [-0.4, -0.2) is 8.42 Å². The van der Waals surface area contributed by atoms with Gasteiger partial charge in [-0.2, -0.15) is 0 Å². The van der Waals surface area contributed by atoms with Crippen LogP contribution in [0.4, 0.5) is 5.69 Å². The average molecular weight is 374 g/mol. The van der Waals surface area contributed by atoms with E-state index in [1.807, 2.05) is 18.2 Å². The lowest BCUT2D eigenvalue weighted by molar-refractivity contribution is 0.602. The second-order valence-electron chi connectivity index (χ2n) is 4.56. The van der Waals surface area contributed by atoms with E-state index in [2.05, 4.69) is 34.5 Å². The Bertz CT molecular complexity index is 695. The first-order valence-electron chi connectivity index (χ1n) is 6.30. The standard InChI is InChI=1S/C14H16BrNO2S2/c1-3-10(2)11-6-4-5-7-13(11)16-20(17,18)14-12(15)8-9-19-14/h4-10,16H,3H2,1-2H3. The van der Waals surface area contributed by atoms with Gasteiger partial charge in [-0.1, -0.05) is 32.0 Å². The highest BCUT2D eigenvalue weighted by Gasteiger charge is 2.21. The van der Waals surface area contributed by atoms with E-state index in [1.54, 1.807) is 17.5 Å². The molecule has 0 aliphatic rings. The van der Waals surface area contributed by atoms with Crippen molar-refractivity contribution >= 4 is 43.0 Å².